The van der Waals surface area contributed by atoms with Crippen molar-refractivity contribution in [2.75, 3.05) is 18.0 Å². The average Bonchev–Trinajstić information content (AvgIpc) is 3.21. The maximum Gasteiger partial charge on any atom is 0.279 e. The van der Waals surface area contributed by atoms with Crippen molar-refractivity contribution in [2.24, 2.45) is 0 Å². The standard InChI is InChI=1S/C25H22N4S/c1-17-9-10-18-14-19(24(27-22(18)13-17)29-11-5-2-6-12-29)15-20(16-26)25-28-21-7-3-4-8-23(21)30-25/h3-4,7-10,13-15H,2,5-6,11-12H2,1H3/p+1/b20-15+. The molecule has 0 unspecified atom stereocenters. The van der Waals surface area contributed by atoms with Crippen molar-refractivity contribution in [1.82, 2.24) is 4.98 Å². The zero-order valence-corrected chi connectivity index (χ0v) is 17.8. The zero-order chi connectivity index (χ0) is 20.5. The topological polar surface area (TPSA) is 54.1 Å². The van der Waals surface area contributed by atoms with Crippen molar-refractivity contribution in [2.45, 2.75) is 26.2 Å². The number of piperidine rings is 1. The number of nitrogens with zero attached hydrogens (tertiary/aromatic N) is 3. The lowest BCUT2D eigenvalue weighted by atomic mass is 10.1. The summed E-state index contributed by atoms with van der Waals surface area (Å²) in [7, 11) is 0. The minimum atomic E-state index is 0.641. The molecule has 0 amide bonds. The third-order valence-corrected chi connectivity index (χ3v) is 6.75. The monoisotopic (exact) mass is 411 g/mol. The Morgan fingerprint density at radius 3 is 2.77 bits per heavy atom. The highest BCUT2D eigenvalue weighted by atomic mass is 32.1. The molecule has 0 aliphatic carbocycles. The summed E-state index contributed by atoms with van der Waals surface area (Å²) in [6, 6.07) is 19.1. The Morgan fingerprint density at radius 1 is 1.13 bits per heavy atom. The Hall–Kier alpha value is -3.23. The van der Waals surface area contributed by atoms with Crippen LogP contribution in [0, 0.1) is 18.3 Å². The van der Waals surface area contributed by atoms with Gasteiger partial charge in [-0.25, -0.2) is 4.98 Å². The van der Waals surface area contributed by atoms with Crippen LogP contribution in [-0.2, 0) is 0 Å². The van der Waals surface area contributed by atoms with Gasteiger partial charge in [0.15, 0.2) is 0 Å². The number of aromatic amines is 1. The third kappa shape index (κ3) is 3.55. The number of nitriles is 1. The number of para-hydroxylation sites is 1. The molecule has 30 heavy (non-hydrogen) atoms. The Kier molecular flexibility index (Phi) is 4.94. The van der Waals surface area contributed by atoms with Crippen LogP contribution < -0.4 is 9.88 Å². The van der Waals surface area contributed by atoms with E-state index in [0.717, 1.165) is 50.6 Å². The van der Waals surface area contributed by atoms with Gasteiger partial charge in [-0.2, -0.15) is 10.2 Å². The fourth-order valence-corrected chi connectivity index (χ4v) is 5.06. The van der Waals surface area contributed by atoms with E-state index in [9.17, 15) is 5.26 Å². The highest BCUT2D eigenvalue weighted by molar-refractivity contribution is 7.19. The molecule has 0 atom stereocenters. The van der Waals surface area contributed by atoms with Crippen molar-refractivity contribution in [3.05, 3.63) is 64.7 Å². The molecule has 1 fully saturated rings. The van der Waals surface area contributed by atoms with Crippen molar-refractivity contribution >= 4 is 49.9 Å². The molecule has 4 aromatic rings. The first-order chi connectivity index (χ1) is 14.7. The Labute approximate surface area is 180 Å². The third-order valence-electron chi connectivity index (χ3n) is 5.65. The molecular weight excluding hydrogens is 388 g/mol. The van der Waals surface area contributed by atoms with Crippen LogP contribution in [0.15, 0.2) is 48.5 Å². The largest absolute Gasteiger partial charge is 0.356 e. The van der Waals surface area contributed by atoms with Crippen LogP contribution in [0.3, 0.4) is 0 Å². The second-order valence-electron chi connectivity index (χ2n) is 7.87. The van der Waals surface area contributed by atoms with E-state index in [4.69, 9.17) is 4.98 Å². The fraction of sp³-hybridized carbons (Fsp3) is 0.240. The smallest absolute Gasteiger partial charge is 0.279 e. The second kappa shape index (κ2) is 7.89. The minimum Gasteiger partial charge on any atom is -0.356 e. The second-order valence-corrected chi connectivity index (χ2v) is 8.92. The number of aromatic nitrogens is 2. The molecule has 0 bridgehead atoms. The molecule has 2 aromatic heterocycles. The maximum atomic E-state index is 9.95. The van der Waals surface area contributed by atoms with E-state index in [2.05, 4.69) is 53.2 Å². The van der Waals surface area contributed by atoms with Crippen molar-refractivity contribution in [3.8, 4) is 6.07 Å². The Bertz CT molecular complexity index is 1270. The number of benzene rings is 2. The van der Waals surface area contributed by atoms with Crippen LogP contribution in [0.4, 0.5) is 5.82 Å². The molecule has 1 N–H and O–H groups in total. The zero-order valence-electron chi connectivity index (χ0n) is 17.0. The summed E-state index contributed by atoms with van der Waals surface area (Å²) >= 11 is 1.62. The Morgan fingerprint density at radius 2 is 1.97 bits per heavy atom. The SMILES string of the molecule is Cc1ccc2cc(/C=C(\C#N)c3[nH+]c4ccccc4s3)c(N3CCCCC3)nc2c1. The molecule has 3 heterocycles. The first-order valence-corrected chi connectivity index (χ1v) is 11.2. The predicted molar refractivity (Wildman–Crippen MR) is 124 cm³/mol. The van der Waals surface area contributed by atoms with Crippen LogP contribution >= 0.6 is 11.3 Å². The molecule has 1 aliphatic heterocycles. The van der Waals surface area contributed by atoms with E-state index in [1.165, 1.54) is 24.8 Å². The molecule has 5 heteroatoms. The number of H-pyrrole nitrogens is 1. The molecule has 5 rings (SSSR count). The van der Waals surface area contributed by atoms with Gasteiger partial charge in [0.2, 0.25) is 5.52 Å². The van der Waals surface area contributed by atoms with Crippen molar-refractivity contribution in [1.29, 1.82) is 5.26 Å². The first-order valence-electron chi connectivity index (χ1n) is 10.4. The average molecular weight is 412 g/mol. The van der Waals surface area contributed by atoms with E-state index in [-0.39, 0.29) is 0 Å². The summed E-state index contributed by atoms with van der Waals surface area (Å²) in [5.74, 6) is 0.988. The number of pyridine rings is 1. The number of anilines is 1. The van der Waals surface area contributed by atoms with E-state index in [0.29, 0.717) is 5.57 Å². The Balaban J connectivity index is 1.66. The number of thiazole rings is 1. The van der Waals surface area contributed by atoms with Gasteiger partial charge in [-0.3, -0.25) is 0 Å². The molecule has 2 aromatic carbocycles. The highest BCUT2D eigenvalue weighted by Gasteiger charge is 2.20. The number of fused-ring (bicyclic) bond motifs is 2. The van der Waals surface area contributed by atoms with Crippen molar-refractivity contribution in [3.63, 3.8) is 0 Å². The maximum absolute atomic E-state index is 9.95. The van der Waals surface area contributed by atoms with Crippen LogP contribution in [-0.4, -0.2) is 18.1 Å². The summed E-state index contributed by atoms with van der Waals surface area (Å²) in [6.45, 7) is 4.13. The quantitative estimate of drug-likeness (QED) is 0.411. The number of aryl methyl sites for hydroxylation is 1. The minimum absolute atomic E-state index is 0.641. The normalized spacial score (nSPS) is 14.9. The molecule has 1 aliphatic rings. The number of allylic oxidation sites excluding steroid dienone is 1. The van der Waals surface area contributed by atoms with Crippen LogP contribution in [0.25, 0.3) is 32.8 Å². The summed E-state index contributed by atoms with van der Waals surface area (Å²) in [5, 5.41) is 11.9. The van der Waals surface area contributed by atoms with Gasteiger partial charge in [-0.15, -0.1) is 0 Å². The molecule has 148 valence electrons. The van der Waals surface area contributed by atoms with E-state index in [1.54, 1.807) is 11.3 Å². The summed E-state index contributed by atoms with van der Waals surface area (Å²) in [4.78, 5) is 10.8. The van der Waals surface area contributed by atoms with E-state index in [1.807, 2.05) is 24.3 Å². The molecule has 4 nitrogen and oxygen atoms in total. The van der Waals surface area contributed by atoms with Gasteiger partial charge in [0.05, 0.1) is 5.52 Å². The number of rotatable bonds is 3. The van der Waals surface area contributed by atoms with Gasteiger partial charge >= 0.3 is 0 Å². The first kappa shape index (κ1) is 18.8. The van der Waals surface area contributed by atoms with E-state index < -0.39 is 0 Å². The predicted octanol–water partition coefficient (Wildman–Crippen LogP) is 5.63. The fourth-order valence-electron chi connectivity index (χ4n) is 4.09. The van der Waals surface area contributed by atoms with Gasteiger partial charge in [-0.1, -0.05) is 35.6 Å². The van der Waals surface area contributed by atoms with Crippen LogP contribution in [0.2, 0.25) is 0 Å². The molecular formula is C25H23N4S+. The lowest BCUT2D eigenvalue weighted by molar-refractivity contribution is -0.341. The molecule has 0 spiro atoms. The van der Waals surface area contributed by atoms with Crippen LogP contribution in [0.5, 0.6) is 0 Å². The van der Waals surface area contributed by atoms with Gasteiger partial charge in [0, 0.05) is 30.1 Å². The summed E-state index contributed by atoms with van der Waals surface area (Å²) in [6.07, 6.45) is 5.64. The molecule has 0 saturated carbocycles. The van der Waals surface area contributed by atoms with Gasteiger partial charge in [-0.05, 0) is 56.0 Å². The summed E-state index contributed by atoms with van der Waals surface area (Å²) in [5.41, 5.74) is 4.93. The summed E-state index contributed by atoms with van der Waals surface area (Å²) < 4.78 is 1.15. The molecule has 0 radical (unpaired) electrons. The molecule has 1 saturated heterocycles. The number of hydrogen-bond donors (Lipinski definition) is 0. The van der Waals surface area contributed by atoms with Gasteiger partial charge in [0.25, 0.3) is 5.01 Å². The van der Waals surface area contributed by atoms with Crippen molar-refractivity contribution < 1.29 is 4.98 Å². The van der Waals surface area contributed by atoms with E-state index >= 15 is 0 Å². The lowest BCUT2D eigenvalue weighted by Gasteiger charge is -2.29. The number of hydrogen-bond acceptors (Lipinski definition) is 4. The highest BCUT2D eigenvalue weighted by Crippen LogP contribution is 2.31. The van der Waals surface area contributed by atoms with Gasteiger partial charge < -0.3 is 4.90 Å². The van der Waals surface area contributed by atoms with Crippen LogP contribution in [0.1, 0.15) is 35.4 Å². The van der Waals surface area contributed by atoms with Gasteiger partial charge in [0.1, 0.15) is 22.2 Å². The number of nitrogens with one attached hydrogen (secondary N) is 1. The lowest BCUT2D eigenvalue weighted by Crippen LogP contribution is -2.30.